The average Bonchev–Trinajstić information content (AvgIpc) is 2.49. The van der Waals surface area contributed by atoms with Crippen LogP contribution in [0.2, 0.25) is 0 Å². The first-order valence-corrected chi connectivity index (χ1v) is 5.01. The minimum atomic E-state index is -0.969. The van der Waals surface area contributed by atoms with E-state index in [1.165, 1.54) is 17.1 Å². The van der Waals surface area contributed by atoms with Crippen LogP contribution in [0.3, 0.4) is 0 Å². The van der Waals surface area contributed by atoms with E-state index in [9.17, 15) is 9.59 Å². The number of aliphatic carboxylic acids is 1. The molecule has 6 nitrogen and oxygen atoms in total. The van der Waals surface area contributed by atoms with Gasteiger partial charge in [-0.25, -0.2) is 0 Å². The standard InChI is InChI=1S/C10H15N3O3/c1-7(2)3-9(14)12-8-4-11-13(5-8)6-10(15)16/h4-5,7H,3,6H2,1-2H3,(H,12,14)(H,15,16). The Balaban J connectivity index is 2.51. The molecule has 16 heavy (non-hydrogen) atoms. The summed E-state index contributed by atoms with van der Waals surface area (Å²) >= 11 is 0. The van der Waals surface area contributed by atoms with Gasteiger partial charge in [0, 0.05) is 12.6 Å². The van der Waals surface area contributed by atoms with E-state index >= 15 is 0 Å². The van der Waals surface area contributed by atoms with Crippen molar-refractivity contribution in [2.45, 2.75) is 26.8 Å². The van der Waals surface area contributed by atoms with Crippen molar-refractivity contribution < 1.29 is 14.7 Å². The third-order valence-electron chi connectivity index (χ3n) is 1.81. The average molecular weight is 225 g/mol. The second-order valence-electron chi connectivity index (χ2n) is 3.97. The molecule has 0 saturated carbocycles. The van der Waals surface area contributed by atoms with E-state index in [0.717, 1.165) is 0 Å². The number of hydrogen-bond acceptors (Lipinski definition) is 3. The lowest BCUT2D eigenvalue weighted by atomic mass is 10.1. The van der Waals surface area contributed by atoms with Crippen LogP contribution in [0.25, 0.3) is 0 Å². The molecule has 0 unspecified atom stereocenters. The van der Waals surface area contributed by atoms with Crippen LogP contribution in [0.4, 0.5) is 5.69 Å². The Labute approximate surface area is 93.3 Å². The second kappa shape index (κ2) is 5.29. The number of carbonyl (C=O) groups is 2. The molecule has 1 aromatic rings. The zero-order chi connectivity index (χ0) is 12.1. The number of anilines is 1. The van der Waals surface area contributed by atoms with Gasteiger partial charge in [0.2, 0.25) is 5.91 Å². The van der Waals surface area contributed by atoms with Gasteiger partial charge in [-0.1, -0.05) is 13.8 Å². The third kappa shape index (κ3) is 4.12. The van der Waals surface area contributed by atoms with Gasteiger partial charge in [0.1, 0.15) is 6.54 Å². The quantitative estimate of drug-likeness (QED) is 0.781. The highest BCUT2D eigenvalue weighted by Gasteiger charge is 2.07. The molecule has 0 spiro atoms. The summed E-state index contributed by atoms with van der Waals surface area (Å²) in [6.45, 7) is 3.70. The van der Waals surface area contributed by atoms with Crippen LogP contribution in [0, 0.1) is 5.92 Å². The largest absolute Gasteiger partial charge is 0.480 e. The van der Waals surface area contributed by atoms with Crippen LogP contribution in [-0.2, 0) is 16.1 Å². The zero-order valence-electron chi connectivity index (χ0n) is 9.30. The highest BCUT2D eigenvalue weighted by atomic mass is 16.4. The van der Waals surface area contributed by atoms with Crippen LogP contribution in [0.15, 0.2) is 12.4 Å². The van der Waals surface area contributed by atoms with Gasteiger partial charge in [-0.2, -0.15) is 5.10 Å². The first-order valence-electron chi connectivity index (χ1n) is 5.01. The number of carbonyl (C=O) groups excluding carboxylic acids is 1. The highest BCUT2D eigenvalue weighted by molar-refractivity contribution is 5.90. The van der Waals surface area contributed by atoms with Crippen molar-refractivity contribution in [1.29, 1.82) is 0 Å². The normalized spacial score (nSPS) is 10.4. The Morgan fingerprint density at radius 2 is 2.25 bits per heavy atom. The monoisotopic (exact) mass is 225 g/mol. The van der Waals surface area contributed by atoms with E-state index in [0.29, 0.717) is 12.1 Å². The molecule has 0 fully saturated rings. The molecule has 1 heterocycles. The summed E-state index contributed by atoms with van der Waals surface area (Å²) in [5.41, 5.74) is 0.520. The molecule has 0 aliphatic carbocycles. The van der Waals surface area contributed by atoms with Gasteiger partial charge >= 0.3 is 5.97 Å². The Hall–Kier alpha value is -1.85. The third-order valence-corrected chi connectivity index (χ3v) is 1.81. The molecule has 6 heteroatoms. The molecule has 1 amide bonds. The fraction of sp³-hybridized carbons (Fsp3) is 0.500. The minimum absolute atomic E-state index is 0.0927. The molecule has 0 aromatic carbocycles. The van der Waals surface area contributed by atoms with Crippen molar-refractivity contribution in [2.75, 3.05) is 5.32 Å². The second-order valence-corrected chi connectivity index (χ2v) is 3.97. The summed E-state index contributed by atoms with van der Waals surface area (Å²) in [6, 6.07) is 0. The fourth-order valence-corrected chi connectivity index (χ4v) is 1.24. The summed E-state index contributed by atoms with van der Waals surface area (Å²) < 4.78 is 1.26. The molecule has 0 radical (unpaired) electrons. The molecule has 88 valence electrons. The topological polar surface area (TPSA) is 84.2 Å². The van der Waals surface area contributed by atoms with Gasteiger partial charge in [0.05, 0.1) is 11.9 Å². The smallest absolute Gasteiger partial charge is 0.325 e. The van der Waals surface area contributed by atoms with E-state index in [2.05, 4.69) is 10.4 Å². The Morgan fingerprint density at radius 3 is 2.81 bits per heavy atom. The first kappa shape index (κ1) is 12.2. The number of rotatable bonds is 5. The fourth-order valence-electron chi connectivity index (χ4n) is 1.24. The zero-order valence-corrected chi connectivity index (χ0v) is 9.30. The molecule has 0 aliphatic rings. The van der Waals surface area contributed by atoms with E-state index in [4.69, 9.17) is 5.11 Å². The van der Waals surface area contributed by atoms with Crippen LogP contribution in [0.5, 0.6) is 0 Å². The number of aromatic nitrogens is 2. The predicted octanol–water partition coefficient (Wildman–Crippen LogP) is 0.952. The molecule has 1 aromatic heterocycles. The molecule has 0 aliphatic heterocycles. The molecule has 0 bridgehead atoms. The van der Waals surface area contributed by atoms with Crippen LogP contribution in [-0.4, -0.2) is 26.8 Å². The Bertz CT molecular complexity index is 384. The van der Waals surface area contributed by atoms with Gasteiger partial charge < -0.3 is 10.4 Å². The number of nitrogens with zero attached hydrogens (tertiary/aromatic N) is 2. The molecule has 0 atom stereocenters. The number of nitrogens with one attached hydrogen (secondary N) is 1. The lowest BCUT2D eigenvalue weighted by molar-refractivity contribution is -0.137. The van der Waals surface area contributed by atoms with Crippen molar-refractivity contribution in [2.24, 2.45) is 5.92 Å². The van der Waals surface area contributed by atoms with Gasteiger partial charge in [-0.3, -0.25) is 14.3 Å². The number of hydrogen-bond donors (Lipinski definition) is 2. The maximum Gasteiger partial charge on any atom is 0.325 e. The number of amides is 1. The van der Waals surface area contributed by atoms with Gasteiger partial charge in [0.15, 0.2) is 0 Å². The molecular weight excluding hydrogens is 210 g/mol. The minimum Gasteiger partial charge on any atom is -0.480 e. The van der Waals surface area contributed by atoms with Gasteiger partial charge in [-0.05, 0) is 5.92 Å². The van der Waals surface area contributed by atoms with E-state index in [-0.39, 0.29) is 18.4 Å². The first-order chi connectivity index (χ1) is 7.47. The Kier molecular flexibility index (Phi) is 4.04. The molecule has 1 rings (SSSR count). The summed E-state index contributed by atoms with van der Waals surface area (Å²) in [7, 11) is 0. The summed E-state index contributed by atoms with van der Waals surface area (Å²) in [6.07, 6.45) is 3.36. The summed E-state index contributed by atoms with van der Waals surface area (Å²) in [4.78, 5) is 21.8. The molecule has 2 N–H and O–H groups in total. The van der Waals surface area contributed by atoms with Crippen molar-refractivity contribution in [3.8, 4) is 0 Å². The van der Waals surface area contributed by atoms with Crippen molar-refractivity contribution in [1.82, 2.24) is 9.78 Å². The van der Waals surface area contributed by atoms with Crippen LogP contribution >= 0.6 is 0 Å². The van der Waals surface area contributed by atoms with Crippen molar-refractivity contribution in [3.05, 3.63) is 12.4 Å². The highest BCUT2D eigenvalue weighted by Crippen LogP contribution is 2.07. The van der Waals surface area contributed by atoms with Crippen molar-refractivity contribution in [3.63, 3.8) is 0 Å². The van der Waals surface area contributed by atoms with Gasteiger partial charge in [-0.15, -0.1) is 0 Å². The lowest BCUT2D eigenvalue weighted by Crippen LogP contribution is -2.13. The predicted molar refractivity (Wildman–Crippen MR) is 57.9 cm³/mol. The number of carboxylic acids is 1. The van der Waals surface area contributed by atoms with E-state index in [1.807, 2.05) is 13.8 Å². The molecule has 0 saturated heterocycles. The lowest BCUT2D eigenvalue weighted by Gasteiger charge is -2.04. The van der Waals surface area contributed by atoms with E-state index < -0.39 is 5.97 Å². The number of carboxylic acid groups (broad SMARTS) is 1. The maximum atomic E-state index is 11.4. The Morgan fingerprint density at radius 1 is 1.56 bits per heavy atom. The molecular formula is C10H15N3O3. The van der Waals surface area contributed by atoms with Gasteiger partial charge in [0.25, 0.3) is 0 Å². The SMILES string of the molecule is CC(C)CC(=O)Nc1cnn(CC(=O)O)c1. The summed E-state index contributed by atoms with van der Waals surface area (Å²) in [5.74, 6) is -0.776. The maximum absolute atomic E-state index is 11.4. The van der Waals surface area contributed by atoms with E-state index in [1.54, 1.807) is 0 Å². The van der Waals surface area contributed by atoms with Crippen LogP contribution < -0.4 is 5.32 Å². The summed E-state index contributed by atoms with van der Waals surface area (Å²) in [5, 5.41) is 15.0. The van der Waals surface area contributed by atoms with Crippen LogP contribution in [0.1, 0.15) is 20.3 Å². The van der Waals surface area contributed by atoms with Crippen molar-refractivity contribution >= 4 is 17.6 Å².